The Morgan fingerprint density at radius 3 is 1.67 bits per heavy atom. The normalized spacial score (nSPS) is 14.6. The van der Waals surface area contributed by atoms with Crippen LogP contribution in [-0.4, -0.2) is 36.5 Å². The van der Waals surface area contributed by atoms with Crippen LogP contribution < -0.4 is 5.73 Å². The summed E-state index contributed by atoms with van der Waals surface area (Å²) in [7, 11) is 0. The first-order valence-electron chi connectivity index (χ1n) is 6.17. The molecule has 6 heteroatoms. The number of hydrogen-bond acceptors (Lipinski definition) is 2. The van der Waals surface area contributed by atoms with Crippen molar-refractivity contribution in [3.8, 4) is 0 Å². The standard InChI is InChI=1S/C12H24F3N3/c1-8(2)5-18(6-9(3)4)7-10(11(16)17)12(13,14)15/h8-10H,5-7H2,1-4H3,(H3,16,17). The average Bonchev–Trinajstić information content (AvgIpc) is 2.09. The molecule has 108 valence electrons. The summed E-state index contributed by atoms with van der Waals surface area (Å²) in [5.41, 5.74) is 5.07. The van der Waals surface area contributed by atoms with Crippen LogP contribution >= 0.6 is 0 Å². The summed E-state index contributed by atoms with van der Waals surface area (Å²) in [6, 6.07) is 0. The monoisotopic (exact) mass is 267 g/mol. The molecule has 0 aliphatic carbocycles. The van der Waals surface area contributed by atoms with E-state index in [9.17, 15) is 13.2 Å². The Hall–Kier alpha value is -0.780. The van der Waals surface area contributed by atoms with E-state index in [2.05, 4.69) is 0 Å². The molecule has 0 aromatic heterocycles. The van der Waals surface area contributed by atoms with Crippen LogP contribution in [0.3, 0.4) is 0 Å². The van der Waals surface area contributed by atoms with Crippen LogP contribution in [0.4, 0.5) is 13.2 Å². The molecule has 0 saturated carbocycles. The molecule has 0 aromatic rings. The van der Waals surface area contributed by atoms with Gasteiger partial charge in [0.2, 0.25) is 0 Å². The molecule has 18 heavy (non-hydrogen) atoms. The zero-order chi connectivity index (χ0) is 14.5. The van der Waals surface area contributed by atoms with Crippen LogP contribution in [-0.2, 0) is 0 Å². The van der Waals surface area contributed by atoms with Crippen molar-refractivity contribution >= 4 is 5.84 Å². The minimum absolute atomic E-state index is 0.227. The molecule has 1 unspecified atom stereocenters. The van der Waals surface area contributed by atoms with Gasteiger partial charge in [-0.3, -0.25) is 5.41 Å². The van der Waals surface area contributed by atoms with Crippen LogP contribution in [0.1, 0.15) is 27.7 Å². The number of nitrogens with two attached hydrogens (primary N) is 1. The zero-order valence-electron chi connectivity index (χ0n) is 11.5. The van der Waals surface area contributed by atoms with Crippen molar-refractivity contribution in [2.75, 3.05) is 19.6 Å². The Bertz CT molecular complexity index is 252. The van der Waals surface area contributed by atoms with Gasteiger partial charge in [-0.15, -0.1) is 0 Å². The van der Waals surface area contributed by atoms with E-state index in [1.807, 2.05) is 27.7 Å². The van der Waals surface area contributed by atoms with Crippen LogP contribution in [0.15, 0.2) is 0 Å². The van der Waals surface area contributed by atoms with E-state index < -0.39 is 17.9 Å². The number of nitrogens with one attached hydrogen (secondary N) is 1. The van der Waals surface area contributed by atoms with Crippen molar-refractivity contribution in [2.24, 2.45) is 23.5 Å². The Morgan fingerprint density at radius 1 is 1.06 bits per heavy atom. The Labute approximate surface area is 107 Å². The van der Waals surface area contributed by atoms with E-state index in [-0.39, 0.29) is 18.4 Å². The highest BCUT2D eigenvalue weighted by atomic mass is 19.4. The lowest BCUT2D eigenvalue weighted by Crippen LogP contribution is -2.45. The minimum Gasteiger partial charge on any atom is -0.387 e. The van der Waals surface area contributed by atoms with Crippen molar-refractivity contribution < 1.29 is 13.2 Å². The molecule has 0 bridgehead atoms. The van der Waals surface area contributed by atoms with Crippen LogP contribution in [0.25, 0.3) is 0 Å². The first kappa shape index (κ1) is 17.2. The van der Waals surface area contributed by atoms with Crippen molar-refractivity contribution in [1.82, 2.24) is 4.90 Å². The molecule has 0 aliphatic rings. The fourth-order valence-electron chi connectivity index (χ4n) is 1.89. The number of hydrogen-bond donors (Lipinski definition) is 2. The molecule has 3 N–H and O–H groups in total. The number of halogens is 3. The predicted octanol–water partition coefficient (Wildman–Crippen LogP) is 2.71. The number of amidine groups is 1. The summed E-state index contributed by atoms with van der Waals surface area (Å²) in [6.45, 7) is 8.78. The second-order valence-electron chi connectivity index (χ2n) is 5.56. The maximum absolute atomic E-state index is 12.8. The quantitative estimate of drug-likeness (QED) is 0.550. The van der Waals surface area contributed by atoms with Gasteiger partial charge >= 0.3 is 6.18 Å². The van der Waals surface area contributed by atoms with Crippen LogP contribution in [0.2, 0.25) is 0 Å². The Balaban J connectivity index is 4.75. The highest BCUT2D eigenvalue weighted by Crippen LogP contribution is 2.27. The third-order valence-corrected chi connectivity index (χ3v) is 2.46. The number of alkyl halides is 3. The van der Waals surface area contributed by atoms with Gasteiger partial charge in [0.1, 0.15) is 11.8 Å². The first-order valence-corrected chi connectivity index (χ1v) is 6.17. The molecule has 0 heterocycles. The third-order valence-electron chi connectivity index (χ3n) is 2.46. The highest BCUT2D eigenvalue weighted by Gasteiger charge is 2.42. The molecule has 0 aliphatic heterocycles. The average molecular weight is 267 g/mol. The van der Waals surface area contributed by atoms with Gasteiger partial charge < -0.3 is 10.6 Å². The first-order chi connectivity index (χ1) is 8.04. The summed E-state index contributed by atoms with van der Waals surface area (Å²) >= 11 is 0. The third kappa shape index (κ3) is 6.83. The van der Waals surface area contributed by atoms with Crippen molar-refractivity contribution in [3.05, 3.63) is 0 Å². The molecule has 0 fully saturated rings. The van der Waals surface area contributed by atoms with E-state index in [1.165, 1.54) is 0 Å². The molecular weight excluding hydrogens is 243 g/mol. The van der Waals surface area contributed by atoms with Crippen molar-refractivity contribution in [2.45, 2.75) is 33.9 Å². The summed E-state index contributed by atoms with van der Waals surface area (Å²) in [5, 5.41) is 7.10. The Kier molecular flexibility index (Phi) is 6.67. The van der Waals surface area contributed by atoms with Crippen molar-refractivity contribution in [3.63, 3.8) is 0 Å². The van der Waals surface area contributed by atoms with Crippen LogP contribution in [0, 0.1) is 23.2 Å². The highest BCUT2D eigenvalue weighted by molar-refractivity contribution is 5.80. The van der Waals surface area contributed by atoms with E-state index in [4.69, 9.17) is 11.1 Å². The van der Waals surface area contributed by atoms with E-state index in [0.29, 0.717) is 13.1 Å². The molecule has 0 amide bonds. The van der Waals surface area contributed by atoms with Gasteiger partial charge in [0.05, 0.1) is 0 Å². The van der Waals surface area contributed by atoms with Gasteiger partial charge in [-0.1, -0.05) is 27.7 Å². The maximum atomic E-state index is 12.8. The molecule has 0 aromatic carbocycles. The summed E-state index contributed by atoms with van der Waals surface area (Å²) in [6.07, 6.45) is -4.45. The Morgan fingerprint density at radius 2 is 1.44 bits per heavy atom. The molecule has 0 rings (SSSR count). The van der Waals surface area contributed by atoms with Gasteiger partial charge in [-0.2, -0.15) is 13.2 Å². The SMILES string of the molecule is CC(C)CN(CC(C)C)CC(C(=N)N)C(F)(F)F. The fourth-order valence-corrected chi connectivity index (χ4v) is 1.89. The summed E-state index contributed by atoms with van der Waals surface area (Å²) in [4.78, 5) is 1.74. The second kappa shape index (κ2) is 6.97. The second-order valence-corrected chi connectivity index (χ2v) is 5.56. The molecule has 0 saturated heterocycles. The zero-order valence-corrected chi connectivity index (χ0v) is 11.5. The van der Waals surface area contributed by atoms with Crippen LogP contribution in [0.5, 0.6) is 0 Å². The molecule has 1 atom stereocenters. The van der Waals surface area contributed by atoms with E-state index in [0.717, 1.165) is 0 Å². The maximum Gasteiger partial charge on any atom is 0.399 e. The van der Waals surface area contributed by atoms with E-state index >= 15 is 0 Å². The predicted molar refractivity (Wildman–Crippen MR) is 67.6 cm³/mol. The van der Waals surface area contributed by atoms with Gasteiger partial charge in [-0.05, 0) is 11.8 Å². The fraction of sp³-hybridized carbons (Fsp3) is 0.917. The van der Waals surface area contributed by atoms with Gasteiger partial charge in [-0.25, -0.2) is 0 Å². The van der Waals surface area contributed by atoms with Gasteiger partial charge in [0, 0.05) is 19.6 Å². The number of nitrogens with zero attached hydrogens (tertiary/aromatic N) is 1. The minimum atomic E-state index is -4.45. The lowest BCUT2D eigenvalue weighted by Gasteiger charge is -2.30. The lowest BCUT2D eigenvalue weighted by molar-refractivity contribution is -0.160. The molecular formula is C12H24F3N3. The molecule has 3 nitrogen and oxygen atoms in total. The molecule has 0 radical (unpaired) electrons. The van der Waals surface area contributed by atoms with Gasteiger partial charge in [0.25, 0.3) is 0 Å². The van der Waals surface area contributed by atoms with Gasteiger partial charge in [0.15, 0.2) is 0 Å². The number of rotatable bonds is 7. The largest absolute Gasteiger partial charge is 0.399 e. The van der Waals surface area contributed by atoms with Crippen molar-refractivity contribution in [1.29, 1.82) is 5.41 Å². The smallest absolute Gasteiger partial charge is 0.387 e. The molecule has 0 spiro atoms. The summed E-state index contributed by atoms with van der Waals surface area (Å²) in [5.74, 6) is -2.11. The van der Waals surface area contributed by atoms with E-state index in [1.54, 1.807) is 4.90 Å². The topological polar surface area (TPSA) is 53.1 Å². The summed E-state index contributed by atoms with van der Waals surface area (Å²) < 4.78 is 38.3. The lowest BCUT2D eigenvalue weighted by atomic mass is 10.0.